The van der Waals surface area contributed by atoms with Gasteiger partial charge in [-0.15, -0.1) is 0 Å². The summed E-state index contributed by atoms with van der Waals surface area (Å²) in [5, 5.41) is 8.61. The van der Waals surface area contributed by atoms with E-state index in [2.05, 4.69) is 53.0 Å². The second-order valence-electron chi connectivity index (χ2n) is 5.10. The summed E-state index contributed by atoms with van der Waals surface area (Å²) < 4.78 is 2.19. The number of hydrogen-bond donors (Lipinski definition) is 2. The van der Waals surface area contributed by atoms with Gasteiger partial charge in [0.05, 0.1) is 16.9 Å². The number of fused-ring (bicyclic) bond motifs is 1. The van der Waals surface area contributed by atoms with Crippen molar-refractivity contribution in [2.45, 2.75) is 19.9 Å². The van der Waals surface area contributed by atoms with Gasteiger partial charge in [-0.05, 0) is 31.5 Å². The molecule has 98 valence electrons. The Labute approximate surface area is 112 Å². The Morgan fingerprint density at radius 1 is 1.32 bits per heavy atom. The normalized spacial score (nSPS) is 13.1. The van der Waals surface area contributed by atoms with Gasteiger partial charge in [0.25, 0.3) is 0 Å². The minimum Gasteiger partial charge on any atom is -0.342 e. The number of benzene rings is 1. The van der Waals surface area contributed by atoms with Crippen molar-refractivity contribution < 1.29 is 0 Å². The van der Waals surface area contributed by atoms with Gasteiger partial charge < -0.3 is 10.3 Å². The van der Waals surface area contributed by atoms with Crippen molar-refractivity contribution in [1.82, 2.24) is 14.8 Å². The summed E-state index contributed by atoms with van der Waals surface area (Å²) in [6.07, 6.45) is 0. The van der Waals surface area contributed by atoms with E-state index >= 15 is 0 Å². The van der Waals surface area contributed by atoms with Crippen molar-refractivity contribution in [3.05, 3.63) is 41.6 Å². The first-order chi connectivity index (χ1) is 9.08. The second-order valence-corrected chi connectivity index (χ2v) is 5.10. The lowest BCUT2D eigenvalue weighted by Gasteiger charge is -2.03. The number of aromatic nitrogens is 3. The summed E-state index contributed by atoms with van der Waals surface area (Å²) in [6.45, 7) is 4.08. The number of H-pyrrole nitrogens is 1. The fraction of sp³-hybridized carbons (Fsp3) is 0.267. The van der Waals surface area contributed by atoms with Crippen LogP contribution in [0.5, 0.6) is 0 Å². The largest absolute Gasteiger partial charge is 0.342 e. The third-order valence-corrected chi connectivity index (χ3v) is 3.61. The average molecular weight is 254 g/mol. The van der Waals surface area contributed by atoms with Crippen molar-refractivity contribution in [3.63, 3.8) is 0 Å². The van der Waals surface area contributed by atoms with Crippen LogP contribution in [0, 0.1) is 6.92 Å². The highest BCUT2D eigenvalue weighted by Crippen LogP contribution is 2.28. The van der Waals surface area contributed by atoms with Crippen LogP contribution in [0.1, 0.15) is 24.2 Å². The van der Waals surface area contributed by atoms with E-state index in [1.165, 1.54) is 16.5 Å². The lowest BCUT2D eigenvalue weighted by atomic mass is 10.1. The Bertz CT molecular complexity index is 734. The molecule has 4 nitrogen and oxygen atoms in total. The SMILES string of the molecule is Cc1cccc2cc(-c3cc([C@H](C)N)[nH]n3)n(C)c12. The molecule has 0 aliphatic heterocycles. The molecule has 3 N–H and O–H groups in total. The molecule has 0 radical (unpaired) electrons. The summed E-state index contributed by atoms with van der Waals surface area (Å²) >= 11 is 0. The number of para-hydroxylation sites is 1. The molecule has 0 saturated carbocycles. The minimum absolute atomic E-state index is 0.0299. The molecule has 1 atom stereocenters. The average Bonchev–Trinajstić information content (AvgIpc) is 2.95. The monoisotopic (exact) mass is 254 g/mol. The van der Waals surface area contributed by atoms with Crippen LogP contribution in [0.3, 0.4) is 0 Å². The maximum absolute atomic E-state index is 5.86. The van der Waals surface area contributed by atoms with Gasteiger partial charge in [0.15, 0.2) is 0 Å². The number of nitrogens with one attached hydrogen (secondary N) is 1. The van der Waals surface area contributed by atoms with E-state index in [0.717, 1.165) is 17.1 Å². The molecule has 0 unspecified atom stereocenters. The summed E-state index contributed by atoms with van der Waals surface area (Å²) in [7, 11) is 2.07. The van der Waals surface area contributed by atoms with Gasteiger partial charge in [-0.25, -0.2) is 0 Å². The number of nitrogens with two attached hydrogens (primary N) is 1. The molecule has 4 heteroatoms. The highest BCUT2D eigenvalue weighted by atomic mass is 15.1. The molecular formula is C15H18N4. The van der Waals surface area contributed by atoms with Crippen molar-refractivity contribution in [3.8, 4) is 11.4 Å². The van der Waals surface area contributed by atoms with Gasteiger partial charge in [-0.3, -0.25) is 5.10 Å². The Morgan fingerprint density at radius 2 is 2.11 bits per heavy atom. The van der Waals surface area contributed by atoms with E-state index in [1.807, 2.05) is 13.0 Å². The van der Waals surface area contributed by atoms with Crippen molar-refractivity contribution >= 4 is 10.9 Å². The Hall–Kier alpha value is -2.07. The van der Waals surface area contributed by atoms with Gasteiger partial charge in [0.1, 0.15) is 5.69 Å². The van der Waals surface area contributed by atoms with E-state index < -0.39 is 0 Å². The highest BCUT2D eigenvalue weighted by Gasteiger charge is 2.13. The molecule has 0 fully saturated rings. The van der Waals surface area contributed by atoms with Crippen LogP contribution < -0.4 is 5.73 Å². The number of aromatic amines is 1. The van der Waals surface area contributed by atoms with E-state index in [4.69, 9.17) is 5.73 Å². The molecule has 19 heavy (non-hydrogen) atoms. The van der Waals surface area contributed by atoms with E-state index in [0.29, 0.717) is 0 Å². The number of rotatable bonds is 2. The number of aryl methyl sites for hydroxylation is 2. The third-order valence-electron chi connectivity index (χ3n) is 3.61. The van der Waals surface area contributed by atoms with Crippen LogP contribution in [0.4, 0.5) is 0 Å². The summed E-state index contributed by atoms with van der Waals surface area (Å²) in [5.41, 5.74) is 11.4. The van der Waals surface area contributed by atoms with Crippen LogP contribution >= 0.6 is 0 Å². The first-order valence-electron chi connectivity index (χ1n) is 6.44. The van der Waals surface area contributed by atoms with E-state index in [9.17, 15) is 0 Å². The molecular weight excluding hydrogens is 236 g/mol. The molecule has 0 bridgehead atoms. The molecule has 3 aromatic rings. The Balaban J connectivity index is 2.19. The van der Waals surface area contributed by atoms with Crippen LogP contribution in [-0.4, -0.2) is 14.8 Å². The van der Waals surface area contributed by atoms with Gasteiger partial charge in [-0.1, -0.05) is 18.2 Å². The molecule has 2 aromatic heterocycles. The molecule has 0 saturated heterocycles. The zero-order chi connectivity index (χ0) is 13.6. The standard InChI is InChI=1S/C15H18N4/c1-9-5-4-6-11-7-14(19(3)15(9)11)13-8-12(10(2)16)17-18-13/h4-8,10H,16H2,1-3H3,(H,17,18)/t10-/m0/s1. The number of nitrogens with zero attached hydrogens (tertiary/aromatic N) is 2. The summed E-state index contributed by atoms with van der Waals surface area (Å²) in [4.78, 5) is 0. The molecule has 2 heterocycles. The molecule has 0 aliphatic rings. The van der Waals surface area contributed by atoms with Crippen molar-refractivity contribution in [2.24, 2.45) is 12.8 Å². The minimum atomic E-state index is -0.0299. The van der Waals surface area contributed by atoms with Gasteiger partial charge in [-0.2, -0.15) is 5.10 Å². The van der Waals surface area contributed by atoms with Crippen LogP contribution in [-0.2, 0) is 7.05 Å². The lowest BCUT2D eigenvalue weighted by molar-refractivity contribution is 0.772. The van der Waals surface area contributed by atoms with Gasteiger partial charge in [0, 0.05) is 18.5 Å². The molecule has 0 spiro atoms. The van der Waals surface area contributed by atoms with Crippen LogP contribution in [0.25, 0.3) is 22.3 Å². The lowest BCUT2D eigenvalue weighted by Crippen LogP contribution is -2.04. The predicted octanol–water partition coefficient (Wildman–Crippen LogP) is 2.90. The fourth-order valence-electron chi connectivity index (χ4n) is 2.57. The van der Waals surface area contributed by atoms with E-state index in [1.54, 1.807) is 0 Å². The maximum Gasteiger partial charge on any atom is 0.109 e. The fourth-order valence-corrected chi connectivity index (χ4v) is 2.57. The first kappa shape index (κ1) is 12.0. The molecule has 0 amide bonds. The maximum atomic E-state index is 5.86. The smallest absolute Gasteiger partial charge is 0.109 e. The zero-order valence-corrected chi connectivity index (χ0v) is 11.4. The van der Waals surface area contributed by atoms with Crippen LogP contribution in [0.2, 0.25) is 0 Å². The predicted molar refractivity (Wildman–Crippen MR) is 77.8 cm³/mol. The number of hydrogen-bond acceptors (Lipinski definition) is 2. The molecule has 1 aromatic carbocycles. The highest BCUT2D eigenvalue weighted by molar-refractivity contribution is 5.88. The van der Waals surface area contributed by atoms with Crippen molar-refractivity contribution in [1.29, 1.82) is 0 Å². The van der Waals surface area contributed by atoms with Gasteiger partial charge >= 0.3 is 0 Å². The third kappa shape index (κ3) is 1.85. The Kier molecular flexibility index (Phi) is 2.68. The molecule has 0 aliphatic carbocycles. The zero-order valence-electron chi connectivity index (χ0n) is 11.4. The molecule has 3 rings (SSSR count). The van der Waals surface area contributed by atoms with Gasteiger partial charge in [0.2, 0.25) is 0 Å². The summed E-state index contributed by atoms with van der Waals surface area (Å²) in [5.74, 6) is 0. The Morgan fingerprint density at radius 3 is 2.74 bits per heavy atom. The summed E-state index contributed by atoms with van der Waals surface area (Å²) in [6, 6.07) is 10.5. The quantitative estimate of drug-likeness (QED) is 0.738. The van der Waals surface area contributed by atoms with Crippen molar-refractivity contribution in [2.75, 3.05) is 0 Å². The van der Waals surface area contributed by atoms with Crippen LogP contribution in [0.15, 0.2) is 30.3 Å². The topological polar surface area (TPSA) is 59.6 Å². The van der Waals surface area contributed by atoms with E-state index in [-0.39, 0.29) is 6.04 Å². The first-order valence-corrected chi connectivity index (χ1v) is 6.44. The second kappa shape index (κ2) is 4.24.